The van der Waals surface area contributed by atoms with Gasteiger partial charge in [-0.05, 0) is 37.8 Å². The van der Waals surface area contributed by atoms with Gasteiger partial charge in [-0.25, -0.2) is 0 Å². The second-order valence-corrected chi connectivity index (χ2v) is 4.18. The Morgan fingerprint density at radius 3 is 2.93 bits per heavy atom. The second kappa shape index (κ2) is 4.04. The summed E-state index contributed by atoms with van der Waals surface area (Å²) in [7, 11) is 0. The third-order valence-electron chi connectivity index (χ3n) is 3.27. The van der Waals surface area contributed by atoms with Crippen LogP contribution in [-0.4, -0.2) is 12.6 Å². The molecule has 0 N–H and O–H groups in total. The van der Waals surface area contributed by atoms with Crippen molar-refractivity contribution in [2.75, 3.05) is 11.4 Å². The van der Waals surface area contributed by atoms with E-state index in [1.165, 1.54) is 37.1 Å². The van der Waals surface area contributed by atoms with Gasteiger partial charge < -0.3 is 4.90 Å². The summed E-state index contributed by atoms with van der Waals surface area (Å²) in [6.45, 7) is 5.82. The van der Waals surface area contributed by atoms with Crippen molar-refractivity contribution in [1.82, 2.24) is 0 Å². The van der Waals surface area contributed by atoms with Crippen LogP contribution in [-0.2, 0) is 6.42 Å². The van der Waals surface area contributed by atoms with E-state index < -0.39 is 0 Å². The van der Waals surface area contributed by atoms with Gasteiger partial charge in [0.1, 0.15) is 0 Å². The third kappa shape index (κ3) is 1.63. The summed E-state index contributed by atoms with van der Waals surface area (Å²) in [5.74, 6) is 0. The first kappa shape index (κ1) is 9.57. The first-order chi connectivity index (χ1) is 6.83. The standard InChI is InChI=1S/C13H19N/c1-3-11(2)14-10-6-8-12-7-4-5-9-13(12)14/h4-5,7,9,11H,3,6,8,10H2,1-2H3. The highest BCUT2D eigenvalue weighted by Gasteiger charge is 2.19. The average Bonchev–Trinajstić information content (AvgIpc) is 2.27. The van der Waals surface area contributed by atoms with Gasteiger partial charge in [0, 0.05) is 18.3 Å². The molecule has 1 atom stereocenters. The zero-order chi connectivity index (χ0) is 9.97. The lowest BCUT2D eigenvalue weighted by Gasteiger charge is -2.35. The fourth-order valence-electron chi connectivity index (χ4n) is 2.24. The molecule has 1 aliphatic rings. The molecule has 76 valence electrons. The number of aryl methyl sites for hydroxylation is 1. The highest BCUT2D eigenvalue weighted by atomic mass is 15.2. The Morgan fingerprint density at radius 1 is 1.36 bits per heavy atom. The number of nitrogens with zero attached hydrogens (tertiary/aromatic N) is 1. The molecule has 1 aliphatic heterocycles. The molecule has 1 heteroatoms. The Bertz CT molecular complexity index is 306. The molecule has 0 spiro atoms. The Labute approximate surface area is 86.7 Å². The number of hydrogen-bond donors (Lipinski definition) is 0. The molecule has 0 bridgehead atoms. The van der Waals surface area contributed by atoms with E-state index in [0.717, 1.165) is 0 Å². The minimum Gasteiger partial charge on any atom is -0.369 e. The van der Waals surface area contributed by atoms with Gasteiger partial charge in [0.25, 0.3) is 0 Å². The summed E-state index contributed by atoms with van der Waals surface area (Å²) in [5, 5.41) is 0. The van der Waals surface area contributed by atoms with Gasteiger partial charge in [0.05, 0.1) is 0 Å². The molecule has 0 amide bonds. The Hall–Kier alpha value is -0.980. The molecular weight excluding hydrogens is 170 g/mol. The van der Waals surface area contributed by atoms with Crippen LogP contribution in [0.25, 0.3) is 0 Å². The average molecular weight is 189 g/mol. The van der Waals surface area contributed by atoms with Crippen LogP contribution in [0.3, 0.4) is 0 Å². The van der Waals surface area contributed by atoms with Crippen LogP contribution in [0.1, 0.15) is 32.3 Å². The third-order valence-corrected chi connectivity index (χ3v) is 3.27. The molecule has 0 fully saturated rings. The Kier molecular flexibility index (Phi) is 2.76. The molecule has 2 rings (SSSR count). The van der Waals surface area contributed by atoms with Crippen molar-refractivity contribution >= 4 is 5.69 Å². The highest BCUT2D eigenvalue weighted by Crippen LogP contribution is 2.28. The monoisotopic (exact) mass is 189 g/mol. The predicted octanol–water partition coefficient (Wildman–Crippen LogP) is 3.24. The lowest BCUT2D eigenvalue weighted by molar-refractivity contribution is 0.580. The lowest BCUT2D eigenvalue weighted by atomic mass is 10.00. The zero-order valence-electron chi connectivity index (χ0n) is 9.16. The van der Waals surface area contributed by atoms with E-state index in [-0.39, 0.29) is 0 Å². The topological polar surface area (TPSA) is 3.24 Å². The van der Waals surface area contributed by atoms with Crippen LogP contribution in [0.5, 0.6) is 0 Å². The molecule has 1 aromatic rings. The van der Waals surface area contributed by atoms with Gasteiger partial charge in [-0.3, -0.25) is 0 Å². The van der Waals surface area contributed by atoms with Gasteiger partial charge in [-0.15, -0.1) is 0 Å². The highest BCUT2D eigenvalue weighted by molar-refractivity contribution is 5.56. The lowest BCUT2D eigenvalue weighted by Crippen LogP contribution is -2.36. The maximum Gasteiger partial charge on any atom is 0.0401 e. The van der Waals surface area contributed by atoms with Gasteiger partial charge in [-0.1, -0.05) is 25.1 Å². The van der Waals surface area contributed by atoms with Crippen LogP contribution < -0.4 is 4.90 Å². The smallest absolute Gasteiger partial charge is 0.0401 e. The summed E-state index contributed by atoms with van der Waals surface area (Å²) in [5.41, 5.74) is 2.99. The van der Waals surface area contributed by atoms with E-state index in [2.05, 4.69) is 43.0 Å². The molecule has 1 nitrogen and oxygen atoms in total. The number of hydrogen-bond acceptors (Lipinski definition) is 1. The zero-order valence-corrected chi connectivity index (χ0v) is 9.16. The molecule has 14 heavy (non-hydrogen) atoms. The summed E-state index contributed by atoms with van der Waals surface area (Å²) >= 11 is 0. The molecule has 0 aliphatic carbocycles. The van der Waals surface area contributed by atoms with E-state index in [4.69, 9.17) is 0 Å². The molecule has 1 unspecified atom stereocenters. The summed E-state index contributed by atoms with van der Waals surface area (Å²) in [4.78, 5) is 2.55. The fraction of sp³-hybridized carbons (Fsp3) is 0.538. The van der Waals surface area contributed by atoms with Crippen molar-refractivity contribution in [1.29, 1.82) is 0 Å². The number of benzene rings is 1. The predicted molar refractivity (Wildman–Crippen MR) is 61.9 cm³/mol. The van der Waals surface area contributed by atoms with E-state index in [1.807, 2.05) is 0 Å². The van der Waals surface area contributed by atoms with E-state index in [9.17, 15) is 0 Å². The summed E-state index contributed by atoms with van der Waals surface area (Å²) < 4.78 is 0. The van der Waals surface area contributed by atoms with Gasteiger partial charge >= 0.3 is 0 Å². The fourth-order valence-corrected chi connectivity index (χ4v) is 2.24. The molecule has 0 saturated carbocycles. The number of rotatable bonds is 2. The van der Waals surface area contributed by atoms with Crippen LogP contribution in [0.2, 0.25) is 0 Å². The Balaban J connectivity index is 2.30. The second-order valence-electron chi connectivity index (χ2n) is 4.18. The minimum atomic E-state index is 0.677. The van der Waals surface area contributed by atoms with Crippen molar-refractivity contribution in [3.63, 3.8) is 0 Å². The largest absolute Gasteiger partial charge is 0.369 e. The van der Waals surface area contributed by atoms with E-state index in [1.54, 1.807) is 0 Å². The summed E-state index contributed by atoms with van der Waals surface area (Å²) in [6.07, 6.45) is 3.79. The van der Waals surface area contributed by atoms with Crippen molar-refractivity contribution in [3.05, 3.63) is 29.8 Å². The molecule has 1 heterocycles. The maximum absolute atomic E-state index is 2.55. The van der Waals surface area contributed by atoms with Gasteiger partial charge in [-0.2, -0.15) is 0 Å². The van der Waals surface area contributed by atoms with Crippen molar-refractivity contribution in [2.45, 2.75) is 39.2 Å². The molecule has 0 saturated heterocycles. The first-order valence-corrected chi connectivity index (χ1v) is 5.67. The van der Waals surface area contributed by atoms with Crippen molar-refractivity contribution < 1.29 is 0 Å². The van der Waals surface area contributed by atoms with Crippen molar-refractivity contribution in [3.8, 4) is 0 Å². The molecule has 0 aromatic heterocycles. The molecule has 1 aromatic carbocycles. The number of fused-ring (bicyclic) bond motifs is 1. The first-order valence-electron chi connectivity index (χ1n) is 5.67. The van der Waals surface area contributed by atoms with Gasteiger partial charge in [0.2, 0.25) is 0 Å². The van der Waals surface area contributed by atoms with E-state index in [0.29, 0.717) is 6.04 Å². The molecular formula is C13H19N. The molecule has 0 radical (unpaired) electrons. The van der Waals surface area contributed by atoms with Crippen LogP contribution in [0.15, 0.2) is 24.3 Å². The Morgan fingerprint density at radius 2 is 2.14 bits per heavy atom. The maximum atomic E-state index is 2.55. The SMILES string of the molecule is CCC(C)N1CCCc2ccccc21. The normalized spacial score (nSPS) is 17.7. The number of para-hydroxylation sites is 1. The quantitative estimate of drug-likeness (QED) is 0.690. The van der Waals surface area contributed by atoms with E-state index >= 15 is 0 Å². The summed E-state index contributed by atoms with van der Waals surface area (Å²) in [6, 6.07) is 9.51. The van der Waals surface area contributed by atoms with Gasteiger partial charge in [0.15, 0.2) is 0 Å². The van der Waals surface area contributed by atoms with Crippen LogP contribution in [0.4, 0.5) is 5.69 Å². The van der Waals surface area contributed by atoms with Crippen LogP contribution in [0, 0.1) is 0 Å². The van der Waals surface area contributed by atoms with Crippen molar-refractivity contribution in [2.24, 2.45) is 0 Å². The van der Waals surface area contributed by atoms with Crippen LogP contribution >= 0.6 is 0 Å². The number of anilines is 1. The minimum absolute atomic E-state index is 0.677.